The molecule has 0 saturated heterocycles. The average molecular weight is 360 g/mol. The molecular formula is C16H10ClN3O5. The summed E-state index contributed by atoms with van der Waals surface area (Å²) in [6, 6.07) is 10.5. The molecule has 0 spiro atoms. The third kappa shape index (κ3) is 3.59. The Morgan fingerprint density at radius 2 is 1.92 bits per heavy atom. The van der Waals surface area contributed by atoms with Gasteiger partial charge < -0.3 is 14.5 Å². The summed E-state index contributed by atoms with van der Waals surface area (Å²) in [5.41, 5.74) is -1.21. The molecule has 9 heteroatoms. The Hall–Kier alpha value is -3.39. The Bertz CT molecular complexity index is 1020. The molecule has 0 aliphatic carbocycles. The molecule has 2 heterocycles. The van der Waals surface area contributed by atoms with E-state index < -0.39 is 22.0 Å². The number of aromatic hydroxyl groups is 1. The van der Waals surface area contributed by atoms with Gasteiger partial charge in [0.2, 0.25) is 0 Å². The highest BCUT2D eigenvalue weighted by Gasteiger charge is 2.21. The third-order valence-electron chi connectivity index (χ3n) is 3.24. The van der Waals surface area contributed by atoms with Gasteiger partial charge in [0.25, 0.3) is 5.88 Å². The van der Waals surface area contributed by atoms with Crippen LogP contribution in [0.15, 0.2) is 45.6 Å². The summed E-state index contributed by atoms with van der Waals surface area (Å²) in [7, 11) is 0. The number of furan rings is 1. The number of hydrogen-bond donors (Lipinski definition) is 2. The molecule has 0 fully saturated rings. The van der Waals surface area contributed by atoms with Gasteiger partial charge in [0.15, 0.2) is 0 Å². The molecule has 0 radical (unpaired) electrons. The van der Waals surface area contributed by atoms with E-state index in [2.05, 4.69) is 9.97 Å². The number of halogens is 1. The lowest BCUT2D eigenvalue weighted by Gasteiger charge is -1.97. The van der Waals surface area contributed by atoms with Crippen molar-refractivity contribution in [3.05, 3.63) is 73.5 Å². The summed E-state index contributed by atoms with van der Waals surface area (Å²) >= 11 is 5.84. The number of H-pyrrole nitrogens is 1. The smallest absolute Gasteiger partial charge is 0.395 e. The second kappa shape index (κ2) is 6.62. The Morgan fingerprint density at radius 1 is 1.20 bits per heavy atom. The van der Waals surface area contributed by atoms with E-state index in [9.17, 15) is 20.0 Å². The fraction of sp³-hybridized carbons (Fsp3) is 0. The zero-order chi connectivity index (χ0) is 18.0. The maximum atomic E-state index is 11.6. The van der Waals surface area contributed by atoms with E-state index in [0.717, 1.165) is 5.56 Å². The number of nitrogens with one attached hydrogen (secondary N) is 1. The molecule has 1 aromatic carbocycles. The number of benzene rings is 1. The molecule has 0 amide bonds. The first kappa shape index (κ1) is 16.5. The van der Waals surface area contributed by atoms with Crippen LogP contribution in [-0.2, 0) is 0 Å². The number of nitrogens with zero attached hydrogens (tertiary/aromatic N) is 2. The zero-order valence-corrected chi connectivity index (χ0v) is 13.2. The minimum Gasteiger partial charge on any atom is -0.488 e. The average Bonchev–Trinajstić information content (AvgIpc) is 3.01. The molecule has 8 nitrogen and oxygen atoms in total. The van der Waals surface area contributed by atoms with E-state index in [-0.39, 0.29) is 5.82 Å². The number of hydrogen-bond acceptors (Lipinski definition) is 6. The Balaban J connectivity index is 1.85. The SMILES string of the molecule is O=c1[nH]c(C=Cc2ccc(-c3ccc(Cl)cc3)o2)nc(O)c1[N+](=O)[O-]. The Kier molecular flexibility index (Phi) is 4.36. The van der Waals surface area contributed by atoms with Crippen LogP contribution in [0.1, 0.15) is 11.6 Å². The second-order valence-corrected chi connectivity index (χ2v) is 5.36. The maximum Gasteiger partial charge on any atom is 0.395 e. The van der Waals surface area contributed by atoms with Crippen molar-refractivity contribution in [1.82, 2.24) is 9.97 Å². The van der Waals surface area contributed by atoms with Crippen LogP contribution in [0.5, 0.6) is 5.88 Å². The molecular weight excluding hydrogens is 350 g/mol. The van der Waals surface area contributed by atoms with Gasteiger partial charge in [0, 0.05) is 10.6 Å². The topological polar surface area (TPSA) is 122 Å². The summed E-state index contributed by atoms with van der Waals surface area (Å²) in [4.78, 5) is 27.0. The van der Waals surface area contributed by atoms with Gasteiger partial charge in [-0.25, -0.2) is 0 Å². The number of nitro groups is 1. The van der Waals surface area contributed by atoms with E-state index in [1.165, 1.54) is 12.2 Å². The molecule has 0 unspecified atom stereocenters. The highest BCUT2D eigenvalue weighted by Crippen LogP contribution is 2.24. The third-order valence-corrected chi connectivity index (χ3v) is 3.49. The molecule has 25 heavy (non-hydrogen) atoms. The zero-order valence-electron chi connectivity index (χ0n) is 12.5. The Morgan fingerprint density at radius 3 is 2.56 bits per heavy atom. The fourth-order valence-corrected chi connectivity index (χ4v) is 2.21. The van der Waals surface area contributed by atoms with Crippen molar-refractivity contribution < 1.29 is 14.4 Å². The lowest BCUT2D eigenvalue weighted by molar-refractivity contribution is -0.387. The van der Waals surface area contributed by atoms with Gasteiger partial charge in [-0.1, -0.05) is 11.6 Å². The number of rotatable bonds is 4. The molecule has 0 bridgehead atoms. The molecule has 0 saturated carbocycles. The number of aromatic amines is 1. The number of aromatic nitrogens is 2. The van der Waals surface area contributed by atoms with Crippen molar-refractivity contribution in [1.29, 1.82) is 0 Å². The van der Waals surface area contributed by atoms with Crippen LogP contribution < -0.4 is 5.56 Å². The van der Waals surface area contributed by atoms with Gasteiger partial charge in [0.05, 0.1) is 4.92 Å². The first-order valence-electron chi connectivity index (χ1n) is 6.95. The first-order valence-corrected chi connectivity index (χ1v) is 7.33. The molecule has 0 aliphatic rings. The summed E-state index contributed by atoms with van der Waals surface area (Å²) < 4.78 is 5.63. The highest BCUT2D eigenvalue weighted by atomic mass is 35.5. The second-order valence-electron chi connectivity index (χ2n) is 4.92. The van der Waals surface area contributed by atoms with Crippen LogP contribution in [0.25, 0.3) is 23.5 Å². The van der Waals surface area contributed by atoms with E-state index in [1.54, 1.807) is 24.3 Å². The van der Waals surface area contributed by atoms with Crippen molar-refractivity contribution in [3.63, 3.8) is 0 Å². The molecule has 0 aliphatic heterocycles. The van der Waals surface area contributed by atoms with Crippen molar-refractivity contribution in [2.24, 2.45) is 0 Å². The van der Waals surface area contributed by atoms with Crippen molar-refractivity contribution in [2.75, 3.05) is 0 Å². The molecule has 3 rings (SSSR count). The van der Waals surface area contributed by atoms with Gasteiger partial charge in [-0.3, -0.25) is 14.9 Å². The van der Waals surface area contributed by atoms with Gasteiger partial charge in [-0.05, 0) is 48.6 Å². The summed E-state index contributed by atoms with van der Waals surface area (Å²) in [6.07, 6.45) is 2.86. The lowest BCUT2D eigenvalue weighted by atomic mass is 10.2. The van der Waals surface area contributed by atoms with Crippen LogP contribution in [0.4, 0.5) is 5.69 Å². The van der Waals surface area contributed by atoms with Gasteiger partial charge in [0.1, 0.15) is 17.3 Å². The van der Waals surface area contributed by atoms with Crippen LogP contribution in [-0.4, -0.2) is 20.0 Å². The molecule has 3 aromatic rings. The van der Waals surface area contributed by atoms with Gasteiger partial charge in [-0.15, -0.1) is 0 Å². The summed E-state index contributed by atoms with van der Waals surface area (Å²) in [5, 5.41) is 20.7. The fourth-order valence-electron chi connectivity index (χ4n) is 2.09. The molecule has 126 valence electrons. The lowest BCUT2D eigenvalue weighted by Crippen LogP contribution is -2.14. The first-order chi connectivity index (χ1) is 11.9. The minimum absolute atomic E-state index is 0.0439. The predicted molar refractivity (Wildman–Crippen MR) is 91.3 cm³/mol. The van der Waals surface area contributed by atoms with Gasteiger partial charge >= 0.3 is 11.2 Å². The molecule has 0 atom stereocenters. The minimum atomic E-state index is -1.04. The molecule has 2 N–H and O–H groups in total. The standard InChI is InChI=1S/C16H10ClN3O5/c17-10-3-1-9(2-4-10)12-7-5-11(25-12)6-8-13-18-15(21)14(20(23)24)16(22)19-13/h1-8H,(H2,18,19,21,22). The summed E-state index contributed by atoms with van der Waals surface area (Å²) in [5.74, 6) is 0.0852. The normalized spacial score (nSPS) is 11.1. The largest absolute Gasteiger partial charge is 0.488 e. The van der Waals surface area contributed by atoms with Crippen LogP contribution in [0.2, 0.25) is 5.02 Å². The monoisotopic (exact) mass is 359 g/mol. The van der Waals surface area contributed by atoms with Crippen molar-refractivity contribution in [3.8, 4) is 17.2 Å². The molecule has 2 aromatic heterocycles. The van der Waals surface area contributed by atoms with Crippen LogP contribution in [0.3, 0.4) is 0 Å². The predicted octanol–water partition coefficient (Wildman–Crippen LogP) is 3.47. The van der Waals surface area contributed by atoms with E-state index >= 15 is 0 Å². The van der Waals surface area contributed by atoms with Crippen molar-refractivity contribution in [2.45, 2.75) is 0 Å². The highest BCUT2D eigenvalue weighted by molar-refractivity contribution is 6.30. The van der Waals surface area contributed by atoms with Gasteiger partial charge in [-0.2, -0.15) is 4.98 Å². The van der Waals surface area contributed by atoms with E-state index in [4.69, 9.17) is 16.0 Å². The quantitative estimate of drug-likeness (QED) is 0.543. The van der Waals surface area contributed by atoms with Crippen molar-refractivity contribution >= 4 is 29.4 Å². The van der Waals surface area contributed by atoms with Crippen LogP contribution >= 0.6 is 11.6 Å². The Labute approximate surface area is 145 Å². The van der Waals surface area contributed by atoms with E-state index in [1.807, 2.05) is 12.1 Å². The summed E-state index contributed by atoms with van der Waals surface area (Å²) in [6.45, 7) is 0. The van der Waals surface area contributed by atoms with E-state index in [0.29, 0.717) is 16.5 Å². The van der Waals surface area contributed by atoms with Crippen LogP contribution in [0, 0.1) is 10.1 Å². The maximum absolute atomic E-state index is 11.6.